The number of nitrogens with zero attached hydrogens (tertiary/aromatic N) is 2. The van der Waals surface area contributed by atoms with Gasteiger partial charge in [0.1, 0.15) is 11.4 Å². The second-order valence-corrected chi connectivity index (χ2v) is 7.71. The average molecular weight is 431 g/mol. The summed E-state index contributed by atoms with van der Waals surface area (Å²) < 4.78 is 54.0. The van der Waals surface area contributed by atoms with E-state index < -0.39 is 61.5 Å². The molecule has 29 heavy (non-hydrogen) atoms. The quantitative estimate of drug-likeness (QED) is 0.484. The Hall–Kier alpha value is -3.35. The number of anilines is 1. The lowest BCUT2D eigenvalue weighted by Gasteiger charge is -2.11. The third-order valence-corrected chi connectivity index (χ3v) is 5.37. The van der Waals surface area contributed by atoms with Crippen LogP contribution in [-0.2, 0) is 28.7 Å². The van der Waals surface area contributed by atoms with Crippen LogP contribution >= 0.6 is 0 Å². The van der Waals surface area contributed by atoms with Crippen molar-refractivity contribution in [1.29, 1.82) is 0 Å². The van der Waals surface area contributed by atoms with Gasteiger partial charge in [-0.05, 0) is 24.3 Å². The number of nitrogen functional groups attached to an aromatic ring is 1. The van der Waals surface area contributed by atoms with Gasteiger partial charge in [-0.3, -0.25) is 18.7 Å². The van der Waals surface area contributed by atoms with Crippen molar-refractivity contribution in [3.8, 4) is 0 Å². The van der Waals surface area contributed by atoms with Crippen molar-refractivity contribution in [2.75, 3.05) is 12.3 Å². The number of alkyl halides is 2. The first-order chi connectivity index (χ1) is 13.4. The van der Waals surface area contributed by atoms with Crippen LogP contribution in [0, 0.1) is 0 Å². The number of carbonyl (C=O) groups is 2. The van der Waals surface area contributed by atoms with Crippen LogP contribution in [0.15, 0.2) is 38.8 Å². The number of ketones is 1. The van der Waals surface area contributed by atoms with E-state index >= 15 is 0 Å². The predicted molar refractivity (Wildman–Crippen MR) is 95.6 cm³/mol. The Kier molecular flexibility index (Phi) is 6.01. The number of aromatic nitrogens is 2. The van der Waals surface area contributed by atoms with Gasteiger partial charge in [0.15, 0.2) is 6.61 Å². The molecular weight excluding hydrogens is 416 g/mol. The number of Topliss-reactive ketones (excluding diaryl/α,β-unsaturated/α-hetero) is 1. The normalized spacial score (nSPS) is 11.5. The van der Waals surface area contributed by atoms with Crippen LogP contribution < -0.4 is 17.0 Å². The topological polar surface area (TPSA) is 148 Å². The van der Waals surface area contributed by atoms with E-state index in [1.165, 1.54) is 7.05 Å². The number of esters is 1. The Morgan fingerprint density at radius 1 is 1.10 bits per heavy atom. The molecular formula is C16H15F2N3O7S. The smallest absolute Gasteiger partial charge is 0.341 e. The molecule has 2 N–H and O–H groups in total. The number of benzene rings is 1. The highest BCUT2D eigenvalue weighted by molar-refractivity contribution is 7.91. The highest BCUT2D eigenvalue weighted by Crippen LogP contribution is 2.19. The summed E-state index contributed by atoms with van der Waals surface area (Å²) in [6.07, 6.45) is 0. The first-order valence-electron chi connectivity index (χ1n) is 7.77. The molecule has 0 saturated heterocycles. The Balaban J connectivity index is 2.19. The third kappa shape index (κ3) is 4.08. The molecule has 0 radical (unpaired) electrons. The molecule has 2 rings (SSSR count). The number of hydrogen-bond donors (Lipinski definition) is 1. The van der Waals surface area contributed by atoms with Crippen molar-refractivity contribution in [1.82, 2.24) is 9.13 Å². The lowest BCUT2D eigenvalue weighted by molar-refractivity contribution is 0.0474. The second kappa shape index (κ2) is 7.95. The number of sulfone groups is 1. The number of hydrogen-bond acceptors (Lipinski definition) is 8. The van der Waals surface area contributed by atoms with Gasteiger partial charge >= 0.3 is 17.4 Å². The summed E-state index contributed by atoms with van der Waals surface area (Å²) in [5.41, 5.74) is 3.15. The van der Waals surface area contributed by atoms with Crippen molar-refractivity contribution in [3.05, 3.63) is 56.2 Å². The van der Waals surface area contributed by atoms with Gasteiger partial charge in [0.2, 0.25) is 15.6 Å². The zero-order valence-corrected chi connectivity index (χ0v) is 15.9. The van der Waals surface area contributed by atoms with Crippen LogP contribution in [0.25, 0.3) is 0 Å². The molecule has 0 spiro atoms. The van der Waals surface area contributed by atoms with Crippen LogP contribution in [-0.4, -0.2) is 41.7 Å². The summed E-state index contributed by atoms with van der Waals surface area (Å²) in [7, 11) is -2.43. The Bertz CT molecular complexity index is 1200. The number of halogens is 2. The van der Waals surface area contributed by atoms with E-state index in [0.717, 1.165) is 35.9 Å². The van der Waals surface area contributed by atoms with Gasteiger partial charge in [0.05, 0.1) is 10.5 Å². The molecule has 0 bridgehead atoms. The molecule has 0 aliphatic heterocycles. The van der Waals surface area contributed by atoms with E-state index in [2.05, 4.69) is 0 Å². The van der Waals surface area contributed by atoms with Crippen LogP contribution in [0.3, 0.4) is 0 Å². The van der Waals surface area contributed by atoms with E-state index in [4.69, 9.17) is 10.5 Å². The van der Waals surface area contributed by atoms with Gasteiger partial charge in [-0.25, -0.2) is 18.0 Å². The minimum Gasteiger partial charge on any atom is -0.454 e. The molecule has 1 aromatic heterocycles. The lowest BCUT2D eigenvalue weighted by atomic mass is 10.2. The Morgan fingerprint density at radius 3 is 2.17 bits per heavy atom. The summed E-state index contributed by atoms with van der Waals surface area (Å²) in [4.78, 5) is 47.4. The number of carbonyl (C=O) groups excluding carboxylic acids is 2. The van der Waals surface area contributed by atoms with E-state index in [0.29, 0.717) is 4.57 Å². The van der Waals surface area contributed by atoms with Crippen molar-refractivity contribution in [2.45, 2.75) is 10.7 Å². The molecule has 0 aliphatic rings. The largest absolute Gasteiger partial charge is 0.454 e. The zero-order chi connectivity index (χ0) is 22.1. The summed E-state index contributed by atoms with van der Waals surface area (Å²) in [5.74, 6) is -6.06. The van der Waals surface area contributed by atoms with E-state index in [1.54, 1.807) is 0 Å². The van der Waals surface area contributed by atoms with Crippen molar-refractivity contribution >= 4 is 27.4 Å². The van der Waals surface area contributed by atoms with Crippen LogP contribution in [0.5, 0.6) is 0 Å². The van der Waals surface area contributed by atoms with Gasteiger partial charge in [-0.15, -0.1) is 0 Å². The SMILES string of the molecule is Cn1c(N)c(C(=O)COC(=O)c2ccc(S(=O)(=O)C(F)F)cc2)c(=O)n(C)c1=O. The number of nitrogens with two attached hydrogens (primary N) is 1. The molecule has 156 valence electrons. The van der Waals surface area contributed by atoms with Crippen molar-refractivity contribution in [2.24, 2.45) is 14.1 Å². The highest BCUT2D eigenvalue weighted by atomic mass is 32.2. The standard InChI is InChI=1S/C16H15F2N3O7S/c1-20-12(19)11(13(23)21(2)16(20)25)10(22)7-28-14(24)8-3-5-9(6-4-8)29(26,27)15(17)18/h3-6,15H,7,19H2,1-2H3. The molecule has 2 aromatic rings. The van der Waals surface area contributed by atoms with Crippen LogP contribution in [0.2, 0.25) is 0 Å². The number of rotatable bonds is 6. The van der Waals surface area contributed by atoms with E-state index in [1.807, 2.05) is 0 Å². The fourth-order valence-corrected chi connectivity index (χ4v) is 3.01. The maximum Gasteiger partial charge on any atom is 0.341 e. The Labute approximate surface area is 162 Å². The average Bonchev–Trinajstić information content (AvgIpc) is 2.69. The zero-order valence-electron chi connectivity index (χ0n) is 15.1. The minimum atomic E-state index is -4.82. The van der Waals surface area contributed by atoms with Crippen LogP contribution in [0.4, 0.5) is 14.6 Å². The third-order valence-electron chi connectivity index (χ3n) is 3.98. The minimum absolute atomic E-state index is 0.215. The van der Waals surface area contributed by atoms with Gasteiger partial charge in [-0.1, -0.05) is 0 Å². The lowest BCUT2D eigenvalue weighted by Crippen LogP contribution is -2.42. The molecule has 10 nitrogen and oxygen atoms in total. The molecule has 1 heterocycles. The summed E-state index contributed by atoms with van der Waals surface area (Å²) in [6.45, 7) is -0.895. The molecule has 0 fully saturated rings. The van der Waals surface area contributed by atoms with Crippen molar-refractivity contribution < 1.29 is 31.5 Å². The van der Waals surface area contributed by atoms with Gasteiger partial charge in [-0.2, -0.15) is 8.78 Å². The maximum absolute atomic E-state index is 12.5. The first-order valence-corrected chi connectivity index (χ1v) is 9.32. The fraction of sp³-hybridized carbons (Fsp3) is 0.250. The van der Waals surface area contributed by atoms with E-state index in [-0.39, 0.29) is 5.56 Å². The van der Waals surface area contributed by atoms with E-state index in [9.17, 15) is 36.4 Å². The molecule has 0 aliphatic carbocycles. The maximum atomic E-state index is 12.5. The number of ether oxygens (including phenoxy) is 1. The predicted octanol–water partition coefficient (Wildman–Crippen LogP) is -0.298. The molecule has 0 saturated carbocycles. The van der Waals surface area contributed by atoms with Crippen molar-refractivity contribution in [3.63, 3.8) is 0 Å². The van der Waals surface area contributed by atoms with Gasteiger partial charge in [0.25, 0.3) is 5.56 Å². The monoisotopic (exact) mass is 431 g/mol. The molecule has 1 aromatic carbocycles. The highest BCUT2D eigenvalue weighted by Gasteiger charge is 2.27. The molecule has 0 atom stereocenters. The Morgan fingerprint density at radius 2 is 1.66 bits per heavy atom. The summed E-state index contributed by atoms with van der Waals surface area (Å²) in [6, 6.07) is 3.45. The summed E-state index contributed by atoms with van der Waals surface area (Å²) in [5, 5.41) is 0. The first kappa shape index (κ1) is 21.9. The van der Waals surface area contributed by atoms with Gasteiger partial charge < -0.3 is 10.5 Å². The molecule has 0 amide bonds. The van der Waals surface area contributed by atoms with Gasteiger partial charge in [0, 0.05) is 14.1 Å². The second-order valence-electron chi connectivity index (χ2n) is 5.80. The van der Waals surface area contributed by atoms with Crippen LogP contribution in [0.1, 0.15) is 20.7 Å². The fourth-order valence-electron chi connectivity index (χ4n) is 2.29. The molecule has 0 unspecified atom stereocenters. The summed E-state index contributed by atoms with van der Waals surface area (Å²) >= 11 is 0. The molecule has 13 heteroatoms.